The van der Waals surface area contributed by atoms with Crippen molar-refractivity contribution in [1.82, 2.24) is 14.9 Å². The van der Waals surface area contributed by atoms with Gasteiger partial charge in [0.15, 0.2) is 5.96 Å². The van der Waals surface area contributed by atoms with Gasteiger partial charge < -0.3 is 10.6 Å². The quantitative estimate of drug-likeness (QED) is 0.555. The van der Waals surface area contributed by atoms with Crippen molar-refractivity contribution in [3.8, 4) is 0 Å². The van der Waals surface area contributed by atoms with Crippen LogP contribution in [0.4, 0.5) is 0 Å². The number of sulfonamides is 1. The van der Waals surface area contributed by atoms with E-state index in [-0.39, 0.29) is 6.04 Å². The third-order valence-corrected chi connectivity index (χ3v) is 6.57. The second-order valence-electron chi connectivity index (χ2n) is 6.45. The van der Waals surface area contributed by atoms with Crippen molar-refractivity contribution in [2.75, 3.05) is 32.9 Å². The molecule has 0 aliphatic carbocycles. The first-order valence-electron chi connectivity index (χ1n) is 8.48. The van der Waals surface area contributed by atoms with Crippen LogP contribution in [0.25, 0.3) is 0 Å². The number of guanidine groups is 1. The molecule has 1 aliphatic heterocycles. The Balaban J connectivity index is 1.82. The lowest BCUT2D eigenvalue weighted by atomic mass is 9.98. The summed E-state index contributed by atoms with van der Waals surface area (Å²) < 4.78 is 25.8. The highest BCUT2D eigenvalue weighted by Crippen LogP contribution is 2.22. The molecule has 1 heterocycles. The Bertz CT molecular complexity index is 700. The number of piperidine rings is 1. The largest absolute Gasteiger partial charge is 0.356 e. The summed E-state index contributed by atoms with van der Waals surface area (Å²) >= 11 is 3.58. The molecule has 0 spiro atoms. The average molecular weight is 431 g/mol. The lowest BCUT2D eigenvalue weighted by molar-refractivity contribution is 0.274. The SMILES string of the molecule is CN=C(NCC1CCN(S(C)(=O)=O)CC1)NC(C)c1ccccc1Br. The van der Waals surface area contributed by atoms with Gasteiger partial charge in [-0.05, 0) is 37.3 Å². The van der Waals surface area contributed by atoms with E-state index in [1.165, 1.54) is 11.8 Å². The third-order valence-electron chi connectivity index (χ3n) is 4.55. The summed E-state index contributed by atoms with van der Waals surface area (Å²) in [6.45, 7) is 4.09. The molecule has 140 valence electrons. The standard InChI is InChI=1S/C17H27BrN4O2S/c1-13(15-6-4-5-7-16(15)18)21-17(19-2)20-12-14-8-10-22(11-9-14)25(3,23)24/h4-7,13-14H,8-12H2,1-3H3,(H2,19,20,21). The highest BCUT2D eigenvalue weighted by atomic mass is 79.9. The number of benzene rings is 1. The molecule has 1 saturated heterocycles. The summed E-state index contributed by atoms with van der Waals surface area (Å²) in [6, 6.07) is 8.24. The normalized spacial score (nSPS) is 18.8. The lowest BCUT2D eigenvalue weighted by Crippen LogP contribution is -2.44. The van der Waals surface area contributed by atoms with E-state index in [0.29, 0.717) is 19.0 Å². The maximum atomic E-state index is 11.6. The molecule has 0 aromatic heterocycles. The number of rotatable bonds is 5. The van der Waals surface area contributed by atoms with E-state index >= 15 is 0 Å². The van der Waals surface area contributed by atoms with E-state index in [0.717, 1.165) is 29.8 Å². The zero-order valence-corrected chi connectivity index (χ0v) is 17.4. The minimum atomic E-state index is -3.06. The van der Waals surface area contributed by atoms with Crippen molar-refractivity contribution in [1.29, 1.82) is 0 Å². The number of nitrogens with one attached hydrogen (secondary N) is 2. The molecule has 1 aromatic rings. The van der Waals surface area contributed by atoms with Gasteiger partial charge in [-0.1, -0.05) is 34.1 Å². The Labute approximate surface area is 159 Å². The van der Waals surface area contributed by atoms with Gasteiger partial charge in [-0.3, -0.25) is 4.99 Å². The van der Waals surface area contributed by atoms with Gasteiger partial charge in [0.1, 0.15) is 0 Å². The molecular formula is C17H27BrN4O2S. The fourth-order valence-corrected chi connectivity index (χ4v) is 4.49. The predicted molar refractivity (Wildman–Crippen MR) is 106 cm³/mol. The first-order valence-corrected chi connectivity index (χ1v) is 11.1. The van der Waals surface area contributed by atoms with E-state index in [1.807, 2.05) is 18.2 Å². The van der Waals surface area contributed by atoms with Crippen LogP contribution in [-0.2, 0) is 10.0 Å². The van der Waals surface area contributed by atoms with Gasteiger partial charge >= 0.3 is 0 Å². The van der Waals surface area contributed by atoms with Crippen LogP contribution in [0.15, 0.2) is 33.7 Å². The number of hydrogen-bond donors (Lipinski definition) is 2. The van der Waals surface area contributed by atoms with Crippen molar-refractivity contribution in [2.45, 2.75) is 25.8 Å². The molecule has 0 amide bonds. The van der Waals surface area contributed by atoms with Gasteiger partial charge in [-0.25, -0.2) is 12.7 Å². The van der Waals surface area contributed by atoms with Crippen molar-refractivity contribution in [3.63, 3.8) is 0 Å². The van der Waals surface area contributed by atoms with Crippen LogP contribution in [0.5, 0.6) is 0 Å². The van der Waals surface area contributed by atoms with Gasteiger partial charge in [-0.15, -0.1) is 0 Å². The van der Waals surface area contributed by atoms with Crippen LogP contribution in [-0.4, -0.2) is 51.6 Å². The third kappa shape index (κ3) is 5.97. The Morgan fingerprint density at radius 3 is 2.56 bits per heavy atom. The molecule has 1 unspecified atom stereocenters. The maximum Gasteiger partial charge on any atom is 0.211 e. The first-order chi connectivity index (χ1) is 11.8. The molecule has 1 fully saturated rings. The Morgan fingerprint density at radius 1 is 1.36 bits per heavy atom. The zero-order chi connectivity index (χ0) is 18.4. The van der Waals surface area contributed by atoms with Crippen LogP contribution in [0.3, 0.4) is 0 Å². The van der Waals surface area contributed by atoms with Crippen LogP contribution >= 0.6 is 15.9 Å². The Hall–Kier alpha value is -1.12. The van der Waals surface area contributed by atoms with Crippen LogP contribution in [0.1, 0.15) is 31.4 Å². The van der Waals surface area contributed by atoms with Gasteiger partial charge in [0.2, 0.25) is 10.0 Å². The topological polar surface area (TPSA) is 73.8 Å². The number of nitrogens with zero attached hydrogens (tertiary/aromatic N) is 2. The van der Waals surface area contributed by atoms with E-state index in [9.17, 15) is 8.42 Å². The lowest BCUT2D eigenvalue weighted by Gasteiger charge is -2.30. The van der Waals surface area contributed by atoms with Crippen molar-refractivity contribution < 1.29 is 8.42 Å². The number of halogens is 1. The van der Waals surface area contributed by atoms with Gasteiger partial charge in [0, 0.05) is 31.2 Å². The van der Waals surface area contributed by atoms with Gasteiger partial charge in [0.05, 0.1) is 12.3 Å². The Morgan fingerprint density at radius 2 is 2.00 bits per heavy atom. The van der Waals surface area contributed by atoms with Gasteiger partial charge in [0.25, 0.3) is 0 Å². The molecule has 2 N–H and O–H groups in total. The minimum Gasteiger partial charge on any atom is -0.356 e. The molecule has 0 saturated carbocycles. The van der Waals surface area contributed by atoms with Gasteiger partial charge in [-0.2, -0.15) is 0 Å². The van der Waals surface area contributed by atoms with Crippen molar-refractivity contribution in [3.05, 3.63) is 34.3 Å². The average Bonchev–Trinajstić information content (AvgIpc) is 2.58. The Kier molecular flexibility index (Phi) is 7.27. The molecular weight excluding hydrogens is 404 g/mol. The fourth-order valence-electron chi connectivity index (χ4n) is 2.99. The van der Waals surface area contributed by atoms with E-state index in [4.69, 9.17) is 0 Å². The zero-order valence-electron chi connectivity index (χ0n) is 15.0. The molecule has 8 heteroatoms. The van der Waals surface area contributed by atoms with Crippen molar-refractivity contribution in [2.24, 2.45) is 10.9 Å². The highest BCUT2D eigenvalue weighted by Gasteiger charge is 2.25. The maximum absolute atomic E-state index is 11.6. The molecule has 0 bridgehead atoms. The predicted octanol–water partition coefficient (Wildman–Crippen LogP) is 2.35. The first kappa shape index (κ1) is 20.2. The fraction of sp³-hybridized carbons (Fsp3) is 0.588. The van der Waals surface area contributed by atoms with Crippen LogP contribution in [0, 0.1) is 5.92 Å². The molecule has 1 aromatic carbocycles. The summed E-state index contributed by atoms with van der Waals surface area (Å²) in [6.07, 6.45) is 3.02. The monoisotopic (exact) mass is 430 g/mol. The molecule has 25 heavy (non-hydrogen) atoms. The second-order valence-corrected chi connectivity index (χ2v) is 9.28. The second kappa shape index (κ2) is 9.00. The molecule has 1 aliphatic rings. The summed E-state index contributed by atoms with van der Waals surface area (Å²) in [4.78, 5) is 4.29. The number of aliphatic imine (C=N–C) groups is 1. The van der Waals surface area contributed by atoms with E-state index in [2.05, 4.69) is 44.5 Å². The molecule has 2 rings (SSSR count). The van der Waals surface area contributed by atoms with Crippen molar-refractivity contribution >= 4 is 31.9 Å². The number of hydrogen-bond acceptors (Lipinski definition) is 3. The summed E-state index contributed by atoms with van der Waals surface area (Å²) in [5.74, 6) is 1.21. The molecule has 0 radical (unpaired) electrons. The highest BCUT2D eigenvalue weighted by molar-refractivity contribution is 9.10. The van der Waals surface area contributed by atoms with Crippen LogP contribution in [0.2, 0.25) is 0 Å². The summed E-state index contributed by atoms with van der Waals surface area (Å²) in [5, 5.41) is 6.77. The molecule has 1 atom stereocenters. The van der Waals surface area contributed by atoms with E-state index in [1.54, 1.807) is 11.4 Å². The van der Waals surface area contributed by atoms with E-state index < -0.39 is 10.0 Å². The summed E-state index contributed by atoms with van der Waals surface area (Å²) in [7, 11) is -1.31. The summed E-state index contributed by atoms with van der Waals surface area (Å²) in [5.41, 5.74) is 1.17. The van der Waals surface area contributed by atoms with Crippen LogP contribution < -0.4 is 10.6 Å². The molecule has 6 nitrogen and oxygen atoms in total. The smallest absolute Gasteiger partial charge is 0.211 e. The minimum absolute atomic E-state index is 0.119.